The van der Waals surface area contributed by atoms with Crippen LogP contribution in [0.2, 0.25) is 5.02 Å². The first-order chi connectivity index (χ1) is 10.1. The van der Waals surface area contributed by atoms with Crippen molar-refractivity contribution in [2.75, 3.05) is 6.54 Å². The highest BCUT2D eigenvalue weighted by atomic mass is 35.5. The topological polar surface area (TPSA) is 66.3 Å². The van der Waals surface area contributed by atoms with Crippen molar-refractivity contribution in [3.05, 3.63) is 58.1 Å². The van der Waals surface area contributed by atoms with E-state index >= 15 is 0 Å². The van der Waals surface area contributed by atoms with Crippen LogP contribution in [-0.4, -0.2) is 32.5 Å². The van der Waals surface area contributed by atoms with Crippen molar-refractivity contribution in [3.8, 4) is 0 Å². The smallest absolute Gasteiger partial charge is 0.337 e. The Morgan fingerprint density at radius 3 is 2.81 bits per heavy atom. The first kappa shape index (κ1) is 14.0. The van der Waals surface area contributed by atoms with Crippen LogP contribution >= 0.6 is 11.6 Å². The van der Waals surface area contributed by atoms with Crippen molar-refractivity contribution < 1.29 is 9.90 Å². The quantitative estimate of drug-likeness (QED) is 0.943. The van der Waals surface area contributed by atoms with Gasteiger partial charge < -0.3 is 5.11 Å². The van der Waals surface area contributed by atoms with Gasteiger partial charge in [-0.1, -0.05) is 23.7 Å². The molecule has 0 radical (unpaired) electrons. The molecule has 1 aromatic carbocycles. The maximum atomic E-state index is 11.1. The SMILES string of the molecule is O=C(O)c1cccc(CN2CCc3nccnc3C2)c1Cl. The molecule has 1 aliphatic rings. The summed E-state index contributed by atoms with van der Waals surface area (Å²) in [5.41, 5.74) is 2.99. The lowest BCUT2D eigenvalue weighted by molar-refractivity contribution is 0.0697. The van der Waals surface area contributed by atoms with Crippen LogP contribution in [0.1, 0.15) is 27.3 Å². The Kier molecular flexibility index (Phi) is 3.86. The van der Waals surface area contributed by atoms with Gasteiger partial charge in [0.1, 0.15) is 0 Å². The zero-order chi connectivity index (χ0) is 14.8. The molecule has 0 amide bonds. The van der Waals surface area contributed by atoms with E-state index in [4.69, 9.17) is 16.7 Å². The third kappa shape index (κ3) is 2.89. The van der Waals surface area contributed by atoms with Crippen LogP contribution in [0.5, 0.6) is 0 Å². The van der Waals surface area contributed by atoms with E-state index in [0.717, 1.165) is 29.9 Å². The normalized spacial score (nSPS) is 14.7. The number of nitrogens with zero attached hydrogens (tertiary/aromatic N) is 3. The van der Waals surface area contributed by atoms with Gasteiger partial charge in [0.05, 0.1) is 22.0 Å². The molecule has 2 aromatic rings. The molecule has 0 bridgehead atoms. The number of hydrogen-bond acceptors (Lipinski definition) is 4. The van der Waals surface area contributed by atoms with Crippen molar-refractivity contribution in [2.45, 2.75) is 19.5 Å². The molecule has 21 heavy (non-hydrogen) atoms. The maximum absolute atomic E-state index is 11.1. The highest BCUT2D eigenvalue weighted by Crippen LogP contribution is 2.24. The number of hydrogen-bond donors (Lipinski definition) is 1. The molecule has 3 rings (SSSR count). The van der Waals surface area contributed by atoms with Crippen LogP contribution in [0, 0.1) is 0 Å². The van der Waals surface area contributed by atoms with E-state index in [1.807, 2.05) is 6.07 Å². The van der Waals surface area contributed by atoms with Gasteiger partial charge in [-0.15, -0.1) is 0 Å². The number of rotatable bonds is 3. The van der Waals surface area contributed by atoms with Crippen molar-refractivity contribution in [2.24, 2.45) is 0 Å². The van der Waals surface area contributed by atoms with Gasteiger partial charge in [0, 0.05) is 38.4 Å². The summed E-state index contributed by atoms with van der Waals surface area (Å²) in [6.45, 7) is 2.17. The zero-order valence-corrected chi connectivity index (χ0v) is 12.0. The van der Waals surface area contributed by atoms with Gasteiger partial charge in [-0.3, -0.25) is 14.9 Å². The molecule has 2 heterocycles. The second kappa shape index (κ2) is 5.79. The lowest BCUT2D eigenvalue weighted by atomic mass is 10.1. The molecule has 108 valence electrons. The molecule has 0 saturated heterocycles. The van der Waals surface area contributed by atoms with Crippen molar-refractivity contribution in [1.82, 2.24) is 14.9 Å². The summed E-state index contributed by atoms with van der Waals surface area (Å²) in [6, 6.07) is 5.11. The van der Waals surface area contributed by atoms with E-state index in [9.17, 15) is 4.79 Å². The summed E-state index contributed by atoms with van der Waals surface area (Å²) in [5.74, 6) is -1.00. The molecule has 0 unspecified atom stereocenters. The first-order valence-electron chi connectivity index (χ1n) is 6.67. The summed E-state index contributed by atoms with van der Waals surface area (Å²) >= 11 is 6.19. The third-order valence-corrected chi connectivity index (χ3v) is 4.05. The number of carboxylic acids is 1. The molecule has 0 atom stereocenters. The van der Waals surface area contributed by atoms with Crippen LogP contribution in [0.3, 0.4) is 0 Å². The number of carboxylic acid groups (broad SMARTS) is 1. The van der Waals surface area contributed by atoms with Crippen LogP contribution < -0.4 is 0 Å². The molecule has 0 saturated carbocycles. The monoisotopic (exact) mass is 303 g/mol. The van der Waals surface area contributed by atoms with Gasteiger partial charge in [0.2, 0.25) is 0 Å². The summed E-state index contributed by atoms with van der Waals surface area (Å²) < 4.78 is 0. The number of aromatic carboxylic acids is 1. The lowest BCUT2D eigenvalue weighted by Gasteiger charge is -2.27. The van der Waals surface area contributed by atoms with Crippen LogP contribution in [0.15, 0.2) is 30.6 Å². The average molecular weight is 304 g/mol. The Morgan fingerprint density at radius 2 is 2.05 bits per heavy atom. The number of benzene rings is 1. The molecule has 1 N–H and O–H groups in total. The van der Waals surface area contributed by atoms with E-state index in [-0.39, 0.29) is 5.56 Å². The fraction of sp³-hybridized carbons (Fsp3) is 0.267. The number of halogens is 1. The summed E-state index contributed by atoms with van der Waals surface area (Å²) in [4.78, 5) is 22.0. The highest BCUT2D eigenvalue weighted by molar-refractivity contribution is 6.34. The molecule has 1 aromatic heterocycles. The molecular weight excluding hydrogens is 290 g/mol. The summed E-state index contributed by atoms with van der Waals surface area (Å²) in [6.07, 6.45) is 4.25. The second-order valence-electron chi connectivity index (χ2n) is 4.99. The molecule has 0 spiro atoms. The van der Waals surface area contributed by atoms with E-state index in [2.05, 4.69) is 14.9 Å². The zero-order valence-electron chi connectivity index (χ0n) is 11.3. The fourth-order valence-corrected chi connectivity index (χ4v) is 2.80. The molecule has 1 aliphatic heterocycles. The van der Waals surface area contributed by atoms with Gasteiger partial charge in [0.25, 0.3) is 0 Å². The van der Waals surface area contributed by atoms with Crippen LogP contribution in [0.4, 0.5) is 0 Å². The average Bonchev–Trinajstić information content (AvgIpc) is 2.49. The van der Waals surface area contributed by atoms with Gasteiger partial charge in [-0.2, -0.15) is 0 Å². The van der Waals surface area contributed by atoms with Gasteiger partial charge >= 0.3 is 5.97 Å². The van der Waals surface area contributed by atoms with E-state index in [0.29, 0.717) is 18.1 Å². The predicted molar refractivity (Wildman–Crippen MR) is 78.3 cm³/mol. The standard InChI is InChI=1S/C15H14ClN3O2/c16-14-10(2-1-3-11(14)15(20)21)8-19-7-4-12-13(9-19)18-6-5-17-12/h1-3,5-6H,4,7-9H2,(H,20,21). The van der Waals surface area contributed by atoms with E-state index < -0.39 is 5.97 Å². The predicted octanol–water partition coefficient (Wildman–Crippen LogP) is 2.39. The Hall–Kier alpha value is -1.98. The minimum atomic E-state index is -1.00. The van der Waals surface area contributed by atoms with Crippen molar-refractivity contribution >= 4 is 17.6 Å². The van der Waals surface area contributed by atoms with E-state index in [1.54, 1.807) is 18.5 Å². The first-order valence-corrected chi connectivity index (χ1v) is 7.04. The largest absolute Gasteiger partial charge is 0.478 e. The third-order valence-electron chi connectivity index (χ3n) is 3.60. The number of aromatic nitrogens is 2. The molecule has 0 aliphatic carbocycles. The Morgan fingerprint density at radius 1 is 1.29 bits per heavy atom. The van der Waals surface area contributed by atoms with Gasteiger partial charge in [0.15, 0.2) is 0 Å². The molecule has 0 fully saturated rings. The molecule has 5 nitrogen and oxygen atoms in total. The molecular formula is C15H14ClN3O2. The van der Waals surface area contributed by atoms with Gasteiger partial charge in [-0.25, -0.2) is 4.79 Å². The summed E-state index contributed by atoms with van der Waals surface area (Å²) in [5, 5.41) is 9.42. The Balaban J connectivity index is 1.80. The summed E-state index contributed by atoms with van der Waals surface area (Å²) in [7, 11) is 0. The van der Waals surface area contributed by atoms with E-state index in [1.165, 1.54) is 6.07 Å². The Bertz CT molecular complexity index is 690. The number of fused-ring (bicyclic) bond motifs is 1. The van der Waals surface area contributed by atoms with Crippen molar-refractivity contribution in [1.29, 1.82) is 0 Å². The van der Waals surface area contributed by atoms with Crippen LogP contribution in [-0.2, 0) is 19.5 Å². The van der Waals surface area contributed by atoms with Crippen molar-refractivity contribution in [3.63, 3.8) is 0 Å². The maximum Gasteiger partial charge on any atom is 0.337 e. The fourth-order valence-electron chi connectivity index (χ4n) is 2.53. The molecule has 6 heteroatoms. The highest BCUT2D eigenvalue weighted by Gasteiger charge is 2.20. The van der Waals surface area contributed by atoms with Crippen LogP contribution in [0.25, 0.3) is 0 Å². The second-order valence-corrected chi connectivity index (χ2v) is 5.37. The Labute approximate surface area is 127 Å². The number of carbonyl (C=O) groups is 1. The minimum Gasteiger partial charge on any atom is -0.478 e. The van der Waals surface area contributed by atoms with Gasteiger partial charge in [-0.05, 0) is 11.6 Å². The minimum absolute atomic E-state index is 0.145. The lowest BCUT2D eigenvalue weighted by Crippen LogP contribution is -2.31.